The highest BCUT2D eigenvalue weighted by Crippen LogP contribution is 2.10. The number of hydrogen-bond acceptors (Lipinski definition) is 3. The molecule has 74 valence electrons. The molecule has 2 nitrogen and oxygen atoms in total. The molecule has 1 unspecified atom stereocenters. The molecule has 0 saturated carbocycles. The maximum atomic E-state index is 4.29. The molecule has 1 atom stereocenters. The third-order valence-corrected chi connectivity index (χ3v) is 3.02. The van der Waals surface area contributed by atoms with E-state index in [1.807, 2.05) is 18.6 Å². The van der Waals surface area contributed by atoms with Gasteiger partial charge >= 0.3 is 0 Å². The SMILES string of the molecule is CCCCC(Cc1nccs1)NC. The van der Waals surface area contributed by atoms with E-state index >= 15 is 0 Å². The molecule has 1 rings (SSSR count). The Hall–Kier alpha value is -0.410. The minimum absolute atomic E-state index is 0.603. The predicted octanol–water partition coefficient (Wildman–Crippen LogP) is 2.46. The lowest BCUT2D eigenvalue weighted by atomic mass is 10.1. The topological polar surface area (TPSA) is 24.9 Å². The first kappa shape index (κ1) is 10.7. The first-order valence-corrected chi connectivity index (χ1v) is 5.80. The number of nitrogens with one attached hydrogen (secondary N) is 1. The zero-order chi connectivity index (χ0) is 9.52. The van der Waals surface area contributed by atoms with Crippen molar-refractivity contribution in [1.29, 1.82) is 0 Å². The van der Waals surface area contributed by atoms with Gasteiger partial charge in [-0.3, -0.25) is 0 Å². The third kappa shape index (κ3) is 3.87. The van der Waals surface area contributed by atoms with Gasteiger partial charge in [-0.05, 0) is 13.5 Å². The summed E-state index contributed by atoms with van der Waals surface area (Å²) in [5.74, 6) is 0. The Balaban J connectivity index is 2.31. The second-order valence-electron chi connectivity index (χ2n) is 3.26. The molecular formula is C10H18N2S. The van der Waals surface area contributed by atoms with Crippen LogP contribution in [0.3, 0.4) is 0 Å². The number of thiazole rings is 1. The molecule has 0 fully saturated rings. The Labute approximate surface area is 84.4 Å². The fraction of sp³-hybridized carbons (Fsp3) is 0.700. The molecule has 0 radical (unpaired) electrons. The van der Waals surface area contributed by atoms with Gasteiger partial charge in [0.05, 0.1) is 5.01 Å². The molecule has 0 aliphatic rings. The summed E-state index contributed by atoms with van der Waals surface area (Å²) in [7, 11) is 2.04. The lowest BCUT2D eigenvalue weighted by Crippen LogP contribution is -2.27. The van der Waals surface area contributed by atoms with Crippen LogP contribution in [0.2, 0.25) is 0 Å². The number of rotatable bonds is 6. The fourth-order valence-electron chi connectivity index (χ4n) is 1.36. The molecule has 1 aromatic heterocycles. The van der Waals surface area contributed by atoms with Gasteiger partial charge in [-0.25, -0.2) is 4.98 Å². The van der Waals surface area contributed by atoms with Gasteiger partial charge in [0, 0.05) is 24.0 Å². The molecule has 0 aromatic carbocycles. The molecule has 1 aromatic rings. The second-order valence-corrected chi connectivity index (χ2v) is 4.24. The van der Waals surface area contributed by atoms with E-state index in [9.17, 15) is 0 Å². The fourth-order valence-corrected chi connectivity index (χ4v) is 2.06. The van der Waals surface area contributed by atoms with Crippen molar-refractivity contribution in [2.24, 2.45) is 0 Å². The number of unbranched alkanes of at least 4 members (excludes halogenated alkanes) is 1. The van der Waals surface area contributed by atoms with Crippen LogP contribution in [0.4, 0.5) is 0 Å². The highest BCUT2D eigenvalue weighted by molar-refractivity contribution is 7.09. The third-order valence-electron chi connectivity index (χ3n) is 2.22. The second kappa shape index (κ2) is 6.11. The van der Waals surface area contributed by atoms with Crippen molar-refractivity contribution in [3.8, 4) is 0 Å². The van der Waals surface area contributed by atoms with Gasteiger partial charge in [0.1, 0.15) is 0 Å². The highest BCUT2D eigenvalue weighted by atomic mass is 32.1. The van der Waals surface area contributed by atoms with Crippen molar-refractivity contribution in [3.63, 3.8) is 0 Å². The van der Waals surface area contributed by atoms with E-state index in [-0.39, 0.29) is 0 Å². The van der Waals surface area contributed by atoms with Crippen LogP contribution in [0.1, 0.15) is 31.2 Å². The summed E-state index contributed by atoms with van der Waals surface area (Å²) in [6.45, 7) is 2.23. The van der Waals surface area contributed by atoms with Crippen molar-refractivity contribution in [2.75, 3.05) is 7.05 Å². The first-order chi connectivity index (χ1) is 6.36. The van der Waals surface area contributed by atoms with Crippen molar-refractivity contribution in [2.45, 2.75) is 38.6 Å². The zero-order valence-electron chi connectivity index (χ0n) is 8.42. The van der Waals surface area contributed by atoms with Gasteiger partial charge in [0.25, 0.3) is 0 Å². The molecule has 0 amide bonds. The van der Waals surface area contributed by atoms with Crippen molar-refractivity contribution in [1.82, 2.24) is 10.3 Å². The molecule has 0 bridgehead atoms. The summed E-state index contributed by atoms with van der Waals surface area (Å²) in [5.41, 5.74) is 0. The Morgan fingerprint density at radius 3 is 3.00 bits per heavy atom. The van der Waals surface area contributed by atoms with Crippen molar-refractivity contribution >= 4 is 11.3 Å². The monoisotopic (exact) mass is 198 g/mol. The summed E-state index contributed by atoms with van der Waals surface area (Å²) >= 11 is 1.75. The molecule has 0 spiro atoms. The number of likely N-dealkylation sites (N-methyl/N-ethyl adjacent to an activating group) is 1. The standard InChI is InChI=1S/C10H18N2S/c1-3-4-5-9(11-2)8-10-12-6-7-13-10/h6-7,9,11H,3-5,8H2,1-2H3. The Kier molecular flexibility index (Phi) is 5.01. The largest absolute Gasteiger partial charge is 0.317 e. The summed E-state index contributed by atoms with van der Waals surface area (Å²) in [4.78, 5) is 4.29. The summed E-state index contributed by atoms with van der Waals surface area (Å²) in [6.07, 6.45) is 6.79. The summed E-state index contributed by atoms with van der Waals surface area (Å²) in [5, 5.41) is 6.63. The number of nitrogens with zero attached hydrogens (tertiary/aromatic N) is 1. The van der Waals surface area contributed by atoms with Gasteiger partial charge in [0.2, 0.25) is 0 Å². The average Bonchev–Trinajstić information content (AvgIpc) is 2.64. The lowest BCUT2D eigenvalue weighted by Gasteiger charge is -2.13. The van der Waals surface area contributed by atoms with Crippen LogP contribution in [-0.4, -0.2) is 18.1 Å². The summed E-state index contributed by atoms with van der Waals surface area (Å²) < 4.78 is 0. The van der Waals surface area contributed by atoms with Gasteiger partial charge in [-0.2, -0.15) is 0 Å². The maximum Gasteiger partial charge on any atom is 0.0940 e. The quantitative estimate of drug-likeness (QED) is 0.759. The molecule has 13 heavy (non-hydrogen) atoms. The van der Waals surface area contributed by atoms with Gasteiger partial charge in [-0.1, -0.05) is 19.8 Å². The predicted molar refractivity (Wildman–Crippen MR) is 58.2 cm³/mol. The van der Waals surface area contributed by atoms with E-state index in [2.05, 4.69) is 17.2 Å². The summed E-state index contributed by atoms with van der Waals surface area (Å²) in [6, 6.07) is 0.603. The minimum Gasteiger partial charge on any atom is -0.317 e. The average molecular weight is 198 g/mol. The van der Waals surface area contributed by atoms with E-state index in [0.29, 0.717) is 6.04 Å². The molecule has 0 aliphatic heterocycles. The first-order valence-electron chi connectivity index (χ1n) is 4.92. The van der Waals surface area contributed by atoms with Crippen LogP contribution in [0.5, 0.6) is 0 Å². The molecule has 0 aliphatic carbocycles. The van der Waals surface area contributed by atoms with Gasteiger partial charge < -0.3 is 5.32 Å². The smallest absolute Gasteiger partial charge is 0.0940 e. The van der Waals surface area contributed by atoms with Crippen LogP contribution in [0.15, 0.2) is 11.6 Å². The Morgan fingerprint density at radius 1 is 1.62 bits per heavy atom. The van der Waals surface area contributed by atoms with Gasteiger partial charge in [-0.15, -0.1) is 11.3 Å². The van der Waals surface area contributed by atoms with Crippen molar-refractivity contribution < 1.29 is 0 Å². The van der Waals surface area contributed by atoms with Crippen LogP contribution in [0.25, 0.3) is 0 Å². The van der Waals surface area contributed by atoms with E-state index < -0.39 is 0 Å². The number of aromatic nitrogens is 1. The lowest BCUT2D eigenvalue weighted by molar-refractivity contribution is 0.498. The van der Waals surface area contributed by atoms with E-state index in [4.69, 9.17) is 0 Å². The molecule has 1 N–H and O–H groups in total. The minimum atomic E-state index is 0.603. The highest BCUT2D eigenvalue weighted by Gasteiger charge is 2.07. The van der Waals surface area contributed by atoms with Crippen LogP contribution >= 0.6 is 11.3 Å². The van der Waals surface area contributed by atoms with Crippen LogP contribution < -0.4 is 5.32 Å². The van der Waals surface area contributed by atoms with E-state index in [1.165, 1.54) is 24.3 Å². The van der Waals surface area contributed by atoms with Gasteiger partial charge in [0.15, 0.2) is 0 Å². The van der Waals surface area contributed by atoms with Crippen LogP contribution in [0, 0.1) is 0 Å². The van der Waals surface area contributed by atoms with Crippen LogP contribution in [-0.2, 0) is 6.42 Å². The molecular weight excluding hydrogens is 180 g/mol. The molecule has 0 saturated heterocycles. The van der Waals surface area contributed by atoms with E-state index in [0.717, 1.165) is 6.42 Å². The molecule has 3 heteroatoms. The zero-order valence-corrected chi connectivity index (χ0v) is 9.23. The number of hydrogen-bond donors (Lipinski definition) is 1. The Bertz CT molecular complexity index is 209. The maximum absolute atomic E-state index is 4.29. The Morgan fingerprint density at radius 2 is 2.46 bits per heavy atom. The van der Waals surface area contributed by atoms with E-state index in [1.54, 1.807) is 11.3 Å². The normalized spacial score (nSPS) is 13.1. The molecule has 1 heterocycles. The van der Waals surface area contributed by atoms with Crippen molar-refractivity contribution in [3.05, 3.63) is 16.6 Å².